The number of benzene rings is 1. The van der Waals surface area contributed by atoms with Crippen LogP contribution in [0.2, 0.25) is 0 Å². The second-order valence-corrected chi connectivity index (χ2v) is 2.83. The molecule has 0 heterocycles. The van der Waals surface area contributed by atoms with Crippen molar-refractivity contribution in [2.24, 2.45) is 10.8 Å². The topological polar surface area (TPSA) is 67.5 Å². The number of nitrogens with zero attached hydrogens (tertiary/aromatic N) is 1. The summed E-state index contributed by atoms with van der Waals surface area (Å²) in [6.45, 7) is 2.09. The number of carbonyl (C=O) groups excluding carboxylic acids is 1. The number of urea groups is 1. The van der Waals surface area contributed by atoms with Gasteiger partial charge in [0.2, 0.25) is 0 Å². The van der Waals surface area contributed by atoms with Crippen molar-refractivity contribution in [3.05, 3.63) is 35.4 Å². The average Bonchev–Trinajstić information content (AvgIpc) is 2.18. The van der Waals surface area contributed by atoms with E-state index in [1.54, 1.807) is 6.21 Å². The van der Waals surface area contributed by atoms with Gasteiger partial charge < -0.3 is 5.73 Å². The Morgan fingerprint density at radius 1 is 1.50 bits per heavy atom. The molecule has 0 aliphatic rings. The molecule has 0 aromatic heterocycles. The van der Waals surface area contributed by atoms with Gasteiger partial charge in [-0.3, -0.25) is 0 Å². The summed E-state index contributed by atoms with van der Waals surface area (Å²) in [6, 6.07) is 7.25. The zero-order valence-electron chi connectivity index (χ0n) is 8.03. The first-order valence-corrected chi connectivity index (χ1v) is 4.40. The Labute approximate surface area is 82.8 Å². The number of amides is 2. The molecule has 3 N–H and O–H groups in total. The molecule has 0 radical (unpaired) electrons. The molecule has 0 unspecified atom stereocenters. The summed E-state index contributed by atoms with van der Waals surface area (Å²) in [5.74, 6) is 0. The lowest BCUT2D eigenvalue weighted by atomic mass is 10.1. The van der Waals surface area contributed by atoms with Crippen LogP contribution in [0.5, 0.6) is 0 Å². The highest BCUT2D eigenvalue weighted by atomic mass is 16.2. The summed E-state index contributed by atoms with van der Waals surface area (Å²) in [6.07, 6.45) is 2.56. The van der Waals surface area contributed by atoms with Gasteiger partial charge in [0.15, 0.2) is 0 Å². The maximum Gasteiger partial charge on any atom is 0.332 e. The summed E-state index contributed by atoms with van der Waals surface area (Å²) in [4.78, 5) is 10.3. The zero-order chi connectivity index (χ0) is 10.4. The van der Waals surface area contributed by atoms with Gasteiger partial charge in [0.25, 0.3) is 0 Å². The van der Waals surface area contributed by atoms with E-state index in [1.807, 2.05) is 24.3 Å². The number of nitrogens with one attached hydrogen (secondary N) is 1. The highest BCUT2D eigenvalue weighted by Crippen LogP contribution is 2.02. The molecule has 4 nitrogen and oxygen atoms in total. The lowest BCUT2D eigenvalue weighted by Gasteiger charge is -1.96. The molecule has 0 aliphatic heterocycles. The lowest BCUT2D eigenvalue weighted by molar-refractivity contribution is 0.249. The summed E-state index contributed by atoms with van der Waals surface area (Å²) in [5.41, 5.74) is 9.16. The summed E-state index contributed by atoms with van der Waals surface area (Å²) < 4.78 is 0. The molecule has 0 aliphatic carbocycles. The number of hydrazone groups is 1. The van der Waals surface area contributed by atoms with Crippen molar-refractivity contribution in [1.82, 2.24) is 5.43 Å². The van der Waals surface area contributed by atoms with Crippen LogP contribution in [-0.4, -0.2) is 12.2 Å². The monoisotopic (exact) mass is 191 g/mol. The van der Waals surface area contributed by atoms with Crippen molar-refractivity contribution in [1.29, 1.82) is 0 Å². The fraction of sp³-hybridized carbons (Fsp3) is 0.200. The van der Waals surface area contributed by atoms with Crippen molar-refractivity contribution in [3.63, 3.8) is 0 Å². The molecule has 0 spiro atoms. The van der Waals surface area contributed by atoms with Crippen molar-refractivity contribution in [2.45, 2.75) is 13.3 Å². The predicted octanol–water partition coefficient (Wildman–Crippen LogP) is 1.25. The number of aryl methyl sites for hydroxylation is 1. The number of carbonyl (C=O) groups is 1. The Morgan fingerprint density at radius 2 is 2.14 bits per heavy atom. The molecule has 1 rings (SSSR count). The quantitative estimate of drug-likeness (QED) is 0.548. The molecule has 14 heavy (non-hydrogen) atoms. The van der Waals surface area contributed by atoms with Crippen LogP contribution in [0.3, 0.4) is 0 Å². The van der Waals surface area contributed by atoms with Gasteiger partial charge in [-0.2, -0.15) is 5.10 Å². The minimum absolute atomic E-state index is 0.661. The van der Waals surface area contributed by atoms with Gasteiger partial charge in [-0.15, -0.1) is 0 Å². The van der Waals surface area contributed by atoms with E-state index >= 15 is 0 Å². The number of hydrogen-bond donors (Lipinski definition) is 2. The van der Waals surface area contributed by atoms with E-state index in [1.165, 1.54) is 5.56 Å². The van der Waals surface area contributed by atoms with Crippen molar-refractivity contribution in [3.8, 4) is 0 Å². The fourth-order valence-electron chi connectivity index (χ4n) is 1.01. The third-order valence-electron chi connectivity index (χ3n) is 1.78. The van der Waals surface area contributed by atoms with Crippen molar-refractivity contribution < 1.29 is 4.79 Å². The van der Waals surface area contributed by atoms with Crippen LogP contribution in [0.1, 0.15) is 18.1 Å². The molecule has 0 saturated carbocycles. The van der Waals surface area contributed by atoms with Gasteiger partial charge in [0, 0.05) is 0 Å². The Bertz CT molecular complexity index is 330. The summed E-state index contributed by atoms with van der Waals surface area (Å²) in [7, 11) is 0. The molecular formula is C10H13N3O. The highest BCUT2D eigenvalue weighted by molar-refractivity contribution is 5.81. The molecule has 1 aromatic rings. The third-order valence-corrected chi connectivity index (χ3v) is 1.78. The van der Waals surface area contributed by atoms with Gasteiger partial charge in [-0.1, -0.05) is 31.2 Å². The second-order valence-electron chi connectivity index (χ2n) is 2.83. The molecule has 0 saturated heterocycles. The van der Waals surface area contributed by atoms with E-state index in [0.29, 0.717) is 0 Å². The largest absolute Gasteiger partial charge is 0.350 e. The van der Waals surface area contributed by atoms with E-state index in [-0.39, 0.29) is 0 Å². The Kier molecular flexibility index (Phi) is 3.67. The van der Waals surface area contributed by atoms with Crippen LogP contribution >= 0.6 is 0 Å². The van der Waals surface area contributed by atoms with Gasteiger partial charge in [-0.05, 0) is 17.5 Å². The first-order chi connectivity index (χ1) is 6.72. The van der Waals surface area contributed by atoms with E-state index < -0.39 is 6.03 Å². The Morgan fingerprint density at radius 3 is 2.64 bits per heavy atom. The number of hydrogen-bond acceptors (Lipinski definition) is 2. The second kappa shape index (κ2) is 5.01. The van der Waals surface area contributed by atoms with E-state index in [2.05, 4.69) is 17.5 Å². The van der Waals surface area contributed by atoms with Gasteiger partial charge >= 0.3 is 6.03 Å². The third kappa shape index (κ3) is 3.26. The smallest absolute Gasteiger partial charge is 0.332 e. The molecule has 2 amide bonds. The molecule has 4 heteroatoms. The van der Waals surface area contributed by atoms with Crippen LogP contribution < -0.4 is 11.2 Å². The number of rotatable bonds is 3. The van der Waals surface area contributed by atoms with Crippen LogP contribution in [0.4, 0.5) is 4.79 Å². The molecule has 1 aromatic carbocycles. The van der Waals surface area contributed by atoms with E-state index in [9.17, 15) is 4.79 Å². The van der Waals surface area contributed by atoms with Gasteiger partial charge in [0.05, 0.1) is 6.21 Å². The summed E-state index contributed by atoms with van der Waals surface area (Å²) in [5, 5.41) is 3.65. The lowest BCUT2D eigenvalue weighted by Crippen LogP contribution is -2.24. The molecule has 74 valence electrons. The van der Waals surface area contributed by atoms with Crippen LogP contribution in [0.25, 0.3) is 0 Å². The SMILES string of the molecule is CCc1ccc(/C=N\NC(N)=O)cc1. The predicted molar refractivity (Wildman–Crippen MR) is 56.1 cm³/mol. The average molecular weight is 191 g/mol. The van der Waals surface area contributed by atoms with Crippen molar-refractivity contribution >= 4 is 12.2 Å². The minimum Gasteiger partial charge on any atom is -0.350 e. The highest BCUT2D eigenvalue weighted by Gasteiger charge is 1.90. The van der Waals surface area contributed by atoms with Crippen molar-refractivity contribution in [2.75, 3.05) is 0 Å². The maximum absolute atomic E-state index is 10.3. The van der Waals surface area contributed by atoms with E-state index in [4.69, 9.17) is 5.73 Å². The molecular weight excluding hydrogens is 178 g/mol. The van der Waals surface area contributed by atoms with Crippen LogP contribution in [0, 0.1) is 0 Å². The minimum atomic E-state index is -0.661. The summed E-state index contributed by atoms with van der Waals surface area (Å²) >= 11 is 0. The van der Waals surface area contributed by atoms with Gasteiger partial charge in [0.1, 0.15) is 0 Å². The normalized spacial score (nSPS) is 10.4. The maximum atomic E-state index is 10.3. The standard InChI is InChI=1S/C10H13N3O/c1-2-8-3-5-9(6-4-8)7-12-13-10(11)14/h3-7H,2H2,1H3,(H3,11,13,14)/b12-7-. The first-order valence-electron chi connectivity index (χ1n) is 4.40. The Hall–Kier alpha value is -1.84. The zero-order valence-corrected chi connectivity index (χ0v) is 8.03. The van der Waals surface area contributed by atoms with Crippen LogP contribution in [-0.2, 0) is 6.42 Å². The first kappa shape index (κ1) is 10.2. The number of primary amides is 1. The fourth-order valence-corrected chi connectivity index (χ4v) is 1.01. The number of nitrogens with two attached hydrogens (primary N) is 1. The Balaban J connectivity index is 2.59. The molecule has 0 fully saturated rings. The van der Waals surface area contributed by atoms with Crippen LogP contribution in [0.15, 0.2) is 29.4 Å². The molecule has 0 atom stereocenters. The molecule has 0 bridgehead atoms. The van der Waals surface area contributed by atoms with E-state index in [0.717, 1.165) is 12.0 Å². The van der Waals surface area contributed by atoms with Gasteiger partial charge in [-0.25, -0.2) is 10.2 Å².